The molecule has 0 aromatic rings. The van der Waals surface area contributed by atoms with Crippen molar-refractivity contribution < 1.29 is 80.7 Å². The largest absolute Gasteiger partial charge is 0.468 e. The van der Waals surface area contributed by atoms with Gasteiger partial charge in [0.15, 0.2) is 6.61 Å². The van der Waals surface area contributed by atoms with Crippen LogP contribution in [0.1, 0.15) is 51.4 Å². The highest BCUT2D eigenvalue weighted by atomic mass is 32.2. The molecule has 1 aliphatic carbocycles. The topological polar surface area (TPSA) is 116 Å². The van der Waals surface area contributed by atoms with Crippen molar-refractivity contribution in [3.63, 3.8) is 0 Å². The average Bonchev–Trinajstić information content (AvgIpc) is 2.74. The van der Waals surface area contributed by atoms with Crippen LogP contribution in [-0.2, 0) is 33.9 Å². The van der Waals surface area contributed by atoms with Crippen LogP contribution in [0.2, 0.25) is 0 Å². The monoisotopic (exact) mass is 588 g/mol. The summed E-state index contributed by atoms with van der Waals surface area (Å²) in [6, 6.07) is 0. The number of rotatable bonds is 12. The maximum Gasteiger partial charge on any atom is 0.468 e. The molecule has 0 saturated heterocycles. The lowest BCUT2D eigenvalue weighted by molar-refractivity contribution is -0.358. The number of carbonyl (C=O) groups is 2. The van der Waals surface area contributed by atoms with Gasteiger partial charge in [-0.05, 0) is 25.7 Å². The standard InChI is InChI=1S/C18H22F10O8S/c19-14(20,18(27,28)37(31,32)33)8-4-5-9-35-16(17(24,25)26,13(30)34-10-15(21,22)23)36-12(29)11-6-2-1-3-7-11/h11H,1-10H2,(H,31,32,33). The molecular formula is C18H22F10O8S. The smallest absolute Gasteiger partial charge is 0.451 e. The van der Waals surface area contributed by atoms with E-state index in [0.717, 1.165) is 0 Å². The first-order chi connectivity index (χ1) is 16.6. The number of hydrogen-bond acceptors (Lipinski definition) is 7. The predicted octanol–water partition coefficient (Wildman–Crippen LogP) is 4.78. The van der Waals surface area contributed by atoms with E-state index in [4.69, 9.17) is 4.55 Å². The number of esters is 2. The molecule has 0 aromatic carbocycles. The van der Waals surface area contributed by atoms with Crippen LogP contribution in [-0.4, -0.2) is 67.4 Å². The molecule has 8 nitrogen and oxygen atoms in total. The molecule has 0 spiro atoms. The molecule has 0 aromatic heterocycles. The minimum atomic E-state index is -6.57. The van der Waals surface area contributed by atoms with Gasteiger partial charge in [0, 0.05) is 6.42 Å². The predicted molar refractivity (Wildman–Crippen MR) is 99.7 cm³/mol. The van der Waals surface area contributed by atoms with Gasteiger partial charge in [-0.25, -0.2) is 4.79 Å². The normalized spacial score (nSPS) is 18.2. The Hall–Kier alpha value is -1.89. The molecule has 1 fully saturated rings. The Morgan fingerprint density at radius 2 is 1.41 bits per heavy atom. The summed E-state index contributed by atoms with van der Waals surface area (Å²) in [7, 11) is -6.57. The Bertz CT molecular complexity index is 897. The van der Waals surface area contributed by atoms with Crippen LogP contribution in [0.3, 0.4) is 0 Å². The maximum absolute atomic E-state index is 13.9. The minimum absolute atomic E-state index is 0.0292. The van der Waals surface area contributed by atoms with E-state index in [9.17, 15) is 61.9 Å². The van der Waals surface area contributed by atoms with Crippen LogP contribution in [0.15, 0.2) is 0 Å². The number of halogens is 10. The van der Waals surface area contributed by atoms with Crippen molar-refractivity contribution in [1.82, 2.24) is 0 Å². The molecule has 1 saturated carbocycles. The maximum atomic E-state index is 13.9. The van der Waals surface area contributed by atoms with Crippen LogP contribution in [0, 0.1) is 5.92 Å². The van der Waals surface area contributed by atoms with Crippen molar-refractivity contribution in [1.29, 1.82) is 0 Å². The van der Waals surface area contributed by atoms with E-state index in [0.29, 0.717) is 19.3 Å². The molecule has 0 radical (unpaired) electrons. The second kappa shape index (κ2) is 11.9. The van der Waals surface area contributed by atoms with Gasteiger partial charge in [-0.1, -0.05) is 19.3 Å². The number of ether oxygens (including phenoxy) is 3. The summed E-state index contributed by atoms with van der Waals surface area (Å²) >= 11 is 0. The summed E-state index contributed by atoms with van der Waals surface area (Å²) in [4.78, 5) is 24.4. The van der Waals surface area contributed by atoms with Crippen molar-refractivity contribution in [2.24, 2.45) is 5.92 Å². The fourth-order valence-corrected chi connectivity index (χ4v) is 3.67. The first-order valence-electron chi connectivity index (χ1n) is 10.5. The quantitative estimate of drug-likeness (QED) is 0.114. The lowest BCUT2D eigenvalue weighted by Crippen LogP contribution is -2.59. The summed E-state index contributed by atoms with van der Waals surface area (Å²) in [5.41, 5.74) is 0. The van der Waals surface area contributed by atoms with E-state index in [2.05, 4.69) is 14.2 Å². The third-order valence-corrected chi connectivity index (χ3v) is 6.08. The van der Waals surface area contributed by atoms with Gasteiger partial charge in [0.25, 0.3) is 0 Å². The van der Waals surface area contributed by atoms with Gasteiger partial charge in [0.2, 0.25) is 0 Å². The van der Waals surface area contributed by atoms with E-state index in [1.807, 2.05) is 0 Å². The van der Waals surface area contributed by atoms with Gasteiger partial charge in [0.05, 0.1) is 12.5 Å². The minimum Gasteiger partial charge on any atom is -0.451 e. The zero-order valence-corrected chi connectivity index (χ0v) is 19.5. The number of alkyl halides is 10. The first-order valence-corrected chi connectivity index (χ1v) is 11.9. The van der Waals surface area contributed by atoms with Gasteiger partial charge >= 0.3 is 51.4 Å². The first kappa shape index (κ1) is 33.1. The van der Waals surface area contributed by atoms with E-state index in [-0.39, 0.29) is 12.8 Å². The molecule has 19 heteroatoms. The molecule has 0 heterocycles. The highest BCUT2D eigenvalue weighted by Crippen LogP contribution is 2.42. The molecule has 37 heavy (non-hydrogen) atoms. The molecular weight excluding hydrogens is 566 g/mol. The van der Waals surface area contributed by atoms with Crippen molar-refractivity contribution in [2.45, 2.75) is 80.7 Å². The fraction of sp³-hybridized carbons (Fsp3) is 0.889. The summed E-state index contributed by atoms with van der Waals surface area (Å²) < 4.78 is 173. The third-order valence-electron chi connectivity index (χ3n) is 5.13. The number of hydrogen-bond donors (Lipinski definition) is 1. The molecule has 0 aliphatic heterocycles. The third kappa shape index (κ3) is 8.56. The Labute approximate surface area is 203 Å². The van der Waals surface area contributed by atoms with E-state index in [1.54, 1.807) is 0 Å². The Morgan fingerprint density at radius 3 is 1.86 bits per heavy atom. The summed E-state index contributed by atoms with van der Waals surface area (Å²) in [5, 5.41) is -5.95. The van der Waals surface area contributed by atoms with Gasteiger partial charge in [-0.3, -0.25) is 9.35 Å². The summed E-state index contributed by atoms with van der Waals surface area (Å²) in [5.74, 6) is -15.8. The summed E-state index contributed by atoms with van der Waals surface area (Å²) in [6.45, 7) is -4.00. The summed E-state index contributed by atoms with van der Waals surface area (Å²) in [6.07, 6.45) is -14.1. The van der Waals surface area contributed by atoms with Crippen LogP contribution < -0.4 is 0 Å². The fourth-order valence-electron chi connectivity index (χ4n) is 3.19. The van der Waals surface area contributed by atoms with Crippen LogP contribution >= 0.6 is 0 Å². The lowest BCUT2D eigenvalue weighted by Gasteiger charge is -2.34. The molecule has 0 bridgehead atoms. The van der Waals surface area contributed by atoms with Crippen molar-refractivity contribution >= 4 is 22.1 Å². The van der Waals surface area contributed by atoms with Crippen molar-refractivity contribution in [3.05, 3.63) is 0 Å². The molecule has 1 atom stereocenters. The van der Waals surface area contributed by atoms with Crippen LogP contribution in [0.5, 0.6) is 0 Å². The Kier molecular flexibility index (Phi) is 10.6. The second-order valence-electron chi connectivity index (χ2n) is 8.06. The zero-order valence-electron chi connectivity index (χ0n) is 18.6. The number of unbranched alkanes of at least 4 members (excludes halogenated alkanes) is 1. The molecule has 1 aliphatic rings. The molecule has 1 N–H and O–H groups in total. The molecule has 1 unspecified atom stereocenters. The average molecular weight is 588 g/mol. The van der Waals surface area contributed by atoms with E-state index >= 15 is 0 Å². The second-order valence-corrected chi connectivity index (χ2v) is 9.53. The van der Waals surface area contributed by atoms with E-state index < -0.39 is 89.8 Å². The number of carbonyl (C=O) groups excluding carboxylic acids is 2. The highest BCUT2D eigenvalue weighted by Gasteiger charge is 2.68. The van der Waals surface area contributed by atoms with E-state index in [1.165, 1.54) is 0 Å². The van der Waals surface area contributed by atoms with Gasteiger partial charge in [-0.2, -0.15) is 52.3 Å². The van der Waals surface area contributed by atoms with Gasteiger partial charge in [-0.15, -0.1) is 0 Å². The lowest BCUT2D eigenvalue weighted by atomic mass is 9.89. The Morgan fingerprint density at radius 1 is 0.865 bits per heavy atom. The highest BCUT2D eigenvalue weighted by molar-refractivity contribution is 7.87. The van der Waals surface area contributed by atoms with Crippen LogP contribution in [0.4, 0.5) is 43.9 Å². The molecule has 1 rings (SSSR count). The Balaban J connectivity index is 3.07. The van der Waals surface area contributed by atoms with Crippen LogP contribution in [0.25, 0.3) is 0 Å². The molecule has 218 valence electrons. The van der Waals surface area contributed by atoms with Gasteiger partial charge in [0.1, 0.15) is 0 Å². The molecule has 0 amide bonds. The van der Waals surface area contributed by atoms with Crippen molar-refractivity contribution in [3.8, 4) is 0 Å². The van der Waals surface area contributed by atoms with Crippen molar-refractivity contribution in [2.75, 3.05) is 13.2 Å². The SMILES string of the molecule is O=C(OC(OCCCCC(F)(F)C(F)(F)S(=O)(=O)O)(C(=O)OCC(F)(F)F)C(F)(F)F)C1CCCCC1. The van der Waals surface area contributed by atoms with Gasteiger partial charge < -0.3 is 14.2 Å². The zero-order chi connectivity index (χ0) is 28.9.